The van der Waals surface area contributed by atoms with Gasteiger partial charge in [-0.3, -0.25) is 9.20 Å². The summed E-state index contributed by atoms with van der Waals surface area (Å²) in [5.74, 6) is 0.463. The summed E-state index contributed by atoms with van der Waals surface area (Å²) < 4.78 is 2.08. The molecule has 2 heterocycles. The van der Waals surface area contributed by atoms with Gasteiger partial charge < -0.3 is 5.32 Å². The molecule has 1 aliphatic carbocycles. The number of carbonyl (C=O) groups is 1. The van der Waals surface area contributed by atoms with E-state index in [1.165, 1.54) is 36.6 Å². The first-order valence-electron chi connectivity index (χ1n) is 9.29. The predicted octanol–water partition coefficient (Wildman–Crippen LogP) is 4.04. The molecule has 0 unspecified atom stereocenters. The molecule has 5 nitrogen and oxygen atoms in total. The van der Waals surface area contributed by atoms with Crippen LogP contribution in [0, 0.1) is 13.8 Å². The van der Waals surface area contributed by atoms with Gasteiger partial charge in [0, 0.05) is 6.04 Å². The minimum Gasteiger partial charge on any atom is -0.353 e. The number of benzene rings is 1. The standard InChI is InChI=1S/C20H24N4OS/c1-13-8-9-15-11-14(2)19-22-23-20(24(19)17(15)10-13)26-12-18(25)21-16-6-4-3-5-7-16/h8-11,16H,3-7,12H2,1-2H3,(H,21,25). The lowest BCUT2D eigenvalue weighted by molar-refractivity contribution is -0.119. The lowest BCUT2D eigenvalue weighted by Gasteiger charge is -2.22. The van der Waals surface area contributed by atoms with Crippen molar-refractivity contribution in [1.29, 1.82) is 0 Å². The van der Waals surface area contributed by atoms with Crippen molar-refractivity contribution in [3.05, 3.63) is 35.4 Å². The quantitative estimate of drug-likeness (QED) is 0.706. The Morgan fingerprint density at radius 3 is 2.81 bits per heavy atom. The lowest BCUT2D eigenvalue weighted by Crippen LogP contribution is -2.37. The average Bonchev–Trinajstić information content (AvgIpc) is 3.07. The van der Waals surface area contributed by atoms with Crippen molar-refractivity contribution in [2.75, 3.05) is 5.75 Å². The van der Waals surface area contributed by atoms with E-state index in [0.717, 1.165) is 40.1 Å². The molecule has 0 radical (unpaired) electrons. The van der Waals surface area contributed by atoms with Crippen LogP contribution < -0.4 is 5.32 Å². The van der Waals surface area contributed by atoms with Crippen LogP contribution in [0.4, 0.5) is 0 Å². The number of nitrogens with one attached hydrogen (secondary N) is 1. The zero-order chi connectivity index (χ0) is 18.1. The fourth-order valence-electron chi connectivity index (χ4n) is 3.75. The maximum atomic E-state index is 12.3. The maximum Gasteiger partial charge on any atom is 0.230 e. The predicted molar refractivity (Wildman–Crippen MR) is 106 cm³/mol. The number of nitrogens with zero attached hydrogens (tertiary/aromatic N) is 3. The van der Waals surface area contributed by atoms with Crippen LogP contribution in [0.1, 0.15) is 43.2 Å². The fourth-order valence-corrected chi connectivity index (χ4v) is 4.51. The smallest absolute Gasteiger partial charge is 0.230 e. The van der Waals surface area contributed by atoms with Crippen LogP contribution in [0.5, 0.6) is 0 Å². The van der Waals surface area contributed by atoms with E-state index in [9.17, 15) is 4.79 Å². The van der Waals surface area contributed by atoms with Crippen molar-refractivity contribution < 1.29 is 4.79 Å². The molecule has 2 aromatic heterocycles. The van der Waals surface area contributed by atoms with Crippen LogP contribution in [0.15, 0.2) is 29.4 Å². The normalized spacial score (nSPS) is 15.6. The molecular formula is C20H24N4OS. The van der Waals surface area contributed by atoms with Gasteiger partial charge >= 0.3 is 0 Å². The first-order chi connectivity index (χ1) is 12.6. The molecule has 1 aliphatic rings. The van der Waals surface area contributed by atoms with Gasteiger partial charge in [0.2, 0.25) is 5.91 Å². The summed E-state index contributed by atoms with van der Waals surface area (Å²) in [5, 5.41) is 13.8. The summed E-state index contributed by atoms with van der Waals surface area (Å²) in [6, 6.07) is 8.88. The number of rotatable bonds is 4. The number of amides is 1. The van der Waals surface area contributed by atoms with Crippen molar-refractivity contribution >= 4 is 34.2 Å². The van der Waals surface area contributed by atoms with Crippen molar-refractivity contribution in [1.82, 2.24) is 19.9 Å². The second kappa shape index (κ2) is 7.27. The Kier molecular flexibility index (Phi) is 4.85. The SMILES string of the molecule is Cc1ccc2cc(C)c3nnc(SCC(=O)NC4CCCCC4)n3c2c1. The first kappa shape index (κ1) is 17.3. The molecule has 1 N–H and O–H groups in total. The van der Waals surface area contributed by atoms with E-state index in [1.54, 1.807) is 0 Å². The Bertz CT molecular complexity index is 959. The molecule has 1 aromatic carbocycles. The Labute approximate surface area is 157 Å². The summed E-state index contributed by atoms with van der Waals surface area (Å²) >= 11 is 1.46. The summed E-state index contributed by atoms with van der Waals surface area (Å²) in [5.41, 5.74) is 4.23. The van der Waals surface area contributed by atoms with Crippen LogP contribution in [0.25, 0.3) is 16.6 Å². The topological polar surface area (TPSA) is 59.3 Å². The molecule has 0 aliphatic heterocycles. The number of fused-ring (bicyclic) bond motifs is 3. The molecule has 0 spiro atoms. The van der Waals surface area contributed by atoms with Gasteiger partial charge in [-0.1, -0.05) is 43.2 Å². The highest BCUT2D eigenvalue weighted by Crippen LogP contribution is 2.26. The molecule has 0 saturated heterocycles. The van der Waals surface area contributed by atoms with Gasteiger partial charge in [0.05, 0.1) is 11.3 Å². The van der Waals surface area contributed by atoms with E-state index in [1.807, 2.05) is 6.92 Å². The van der Waals surface area contributed by atoms with Gasteiger partial charge in [0.15, 0.2) is 10.8 Å². The highest BCUT2D eigenvalue weighted by atomic mass is 32.2. The van der Waals surface area contributed by atoms with E-state index in [4.69, 9.17) is 0 Å². The van der Waals surface area contributed by atoms with Crippen LogP contribution in [0.3, 0.4) is 0 Å². The van der Waals surface area contributed by atoms with E-state index in [2.05, 4.69) is 51.1 Å². The molecule has 0 bridgehead atoms. The zero-order valence-corrected chi connectivity index (χ0v) is 16.1. The summed E-state index contributed by atoms with van der Waals surface area (Å²) in [6.45, 7) is 4.13. The largest absolute Gasteiger partial charge is 0.353 e. The highest BCUT2D eigenvalue weighted by Gasteiger charge is 2.17. The van der Waals surface area contributed by atoms with Crippen LogP contribution in [-0.4, -0.2) is 32.3 Å². The molecule has 26 heavy (non-hydrogen) atoms. The Hall–Kier alpha value is -2.08. The molecule has 4 rings (SSSR count). The first-order valence-corrected chi connectivity index (χ1v) is 10.3. The van der Waals surface area contributed by atoms with E-state index >= 15 is 0 Å². The van der Waals surface area contributed by atoms with Crippen LogP contribution >= 0.6 is 11.8 Å². The maximum absolute atomic E-state index is 12.3. The second-order valence-electron chi connectivity index (χ2n) is 7.22. The van der Waals surface area contributed by atoms with E-state index in [-0.39, 0.29) is 5.91 Å². The molecule has 1 saturated carbocycles. The van der Waals surface area contributed by atoms with Crippen molar-refractivity contribution in [3.63, 3.8) is 0 Å². The van der Waals surface area contributed by atoms with Gasteiger partial charge in [-0.25, -0.2) is 0 Å². The Balaban J connectivity index is 1.57. The second-order valence-corrected chi connectivity index (χ2v) is 8.16. The monoisotopic (exact) mass is 368 g/mol. The number of carbonyl (C=O) groups excluding carboxylic acids is 1. The zero-order valence-electron chi connectivity index (χ0n) is 15.3. The fraction of sp³-hybridized carbons (Fsp3) is 0.450. The number of hydrogen-bond acceptors (Lipinski definition) is 4. The Morgan fingerprint density at radius 2 is 2.00 bits per heavy atom. The molecular weight excluding hydrogens is 344 g/mol. The Morgan fingerprint density at radius 1 is 1.19 bits per heavy atom. The van der Waals surface area contributed by atoms with Crippen LogP contribution in [0.2, 0.25) is 0 Å². The average molecular weight is 369 g/mol. The lowest BCUT2D eigenvalue weighted by atomic mass is 9.95. The van der Waals surface area contributed by atoms with Gasteiger partial charge in [-0.05, 0) is 55.3 Å². The molecule has 1 amide bonds. The summed E-state index contributed by atoms with van der Waals surface area (Å²) in [4.78, 5) is 12.3. The summed E-state index contributed by atoms with van der Waals surface area (Å²) in [6.07, 6.45) is 5.94. The highest BCUT2D eigenvalue weighted by molar-refractivity contribution is 7.99. The molecule has 1 fully saturated rings. The molecule has 6 heteroatoms. The number of aromatic nitrogens is 3. The van der Waals surface area contributed by atoms with Gasteiger partial charge in [0.1, 0.15) is 0 Å². The summed E-state index contributed by atoms with van der Waals surface area (Å²) in [7, 11) is 0. The van der Waals surface area contributed by atoms with Gasteiger partial charge in [0.25, 0.3) is 0 Å². The number of pyridine rings is 1. The van der Waals surface area contributed by atoms with E-state index in [0.29, 0.717) is 11.8 Å². The number of aryl methyl sites for hydroxylation is 2. The molecule has 3 aromatic rings. The number of hydrogen-bond donors (Lipinski definition) is 1. The van der Waals surface area contributed by atoms with Gasteiger partial charge in [-0.15, -0.1) is 10.2 Å². The van der Waals surface area contributed by atoms with Crippen molar-refractivity contribution in [2.24, 2.45) is 0 Å². The molecule has 136 valence electrons. The van der Waals surface area contributed by atoms with Crippen molar-refractivity contribution in [2.45, 2.75) is 57.1 Å². The third-order valence-electron chi connectivity index (χ3n) is 5.09. The number of thioether (sulfide) groups is 1. The minimum atomic E-state index is 0.0896. The molecule has 0 atom stereocenters. The van der Waals surface area contributed by atoms with Crippen LogP contribution in [-0.2, 0) is 4.79 Å². The third kappa shape index (κ3) is 3.43. The minimum absolute atomic E-state index is 0.0896. The van der Waals surface area contributed by atoms with E-state index < -0.39 is 0 Å². The third-order valence-corrected chi connectivity index (χ3v) is 6.02. The van der Waals surface area contributed by atoms with Gasteiger partial charge in [-0.2, -0.15) is 0 Å². The van der Waals surface area contributed by atoms with Crippen molar-refractivity contribution in [3.8, 4) is 0 Å².